The highest BCUT2D eigenvalue weighted by atomic mass is 79.9. The Bertz CT molecular complexity index is 421. The molecule has 0 aliphatic rings. The first kappa shape index (κ1) is 11.6. The first-order valence-corrected chi connectivity index (χ1v) is 4.60. The van der Waals surface area contributed by atoms with Crippen molar-refractivity contribution in [2.24, 2.45) is 0 Å². The Hall–Kier alpha value is -1.43. The van der Waals surface area contributed by atoms with Crippen LogP contribution in [0, 0.1) is 11.6 Å². The zero-order chi connectivity index (χ0) is 11.4. The van der Waals surface area contributed by atoms with E-state index in [1.165, 1.54) is 6.07 Å². The number of benzene rings is 1. The number of rotatable bonds is 3. The SMILES string of the molecule is O=C(O)/C=C/Nc1cc(Br)c(F)cc1F. The lowest BCUT2D eigenvalue weighted by atomic mass is 10.3. The van der Waals surface area contributed by atoms with Gasteiger partial charge in [-0.15, -0.1) is 0 Å². The second-order valence-electron chi connectivity index (χ2n) is 2.56. The Labute approximate surface area is 92.5 Å². The molecule has 0 atom stereocenters. The van der Waals surface area contributed by atoms with Gasteiger partial charge in [-0.3, -0.25) is 0 Å². The number of carbonyl (C=O) groups is 1. The average molecular weight is 278 g/mol. The molecule has 0 unspecified atom stereocenters. The van der Waals surface area contributed by atoms with E-state index in [1.807, 2.05) is 0 Å². The molecule has 0 heterocycles. The van der Waals surface area contributed by atoms with Crippen molar-refractivity contribution >= 4 is 27.6 Å². The fraction of sp³-hybridized carbons (Fsp3) is 0. The zero-order valence-electron chi connectivity index (χ0n) is 7.30. The second kappa shape index (κ2) is 4.88. The third kappa shape index (κ3) is 3.32. The smallest absolute Gasteiger partial charge is 0.329 e. The van der Waals surface area contributed by atoms with Crippen LogP contribution in [0.3, 0.4) is 0 Å². The molecule has 1 aromatic carbocycles. The van der Waals surface area contributed by atoms with E-state index in [0.29, 0.717) is 6.07 Å². The van der Waals surface area contributed by atoms with Gasteiger partial charge in [-0.2, -0.15) is 0 Å². The minimum Gasteiger partial charge on any atom is -0.478 e. The van der Waals surface area contributed by atoms with E-state index < -0.39 is 17.6 Å². The number of hydrogen-bond donors (Lipinski definition) is 2. The monoisotopic (exact) mass is 277 g/mol. The van der Waals surface area contributed by atoms with Crippen LogP contribution in [0.5, 0.6) is 0 Å². The van der Waals surface area contributed by atoms with Gasteiger partial charge in [0.15, 0.2) is 0 Å². The lowest BCUT2D eigenvalue weighted by Gasteiger charge is -2.03. The van der Waals surface area contributed by atoms with Gasteiger partial charge < -0.3 is 10.4 Å². The van der Waals surface area contributed by atoms with E-state index in [1.54, 1.807) is 0 Å². The Kier molecular flexibility index (Phi) is 3.79. The maximum Gasteiger partial charge on any atom is 0.329 e. The number of halogens is 3. The number of aliphatic carboxylic acids is 1. The predicted molar refractivity (Wildman–Crippen MR) is 54.5 cm³/mol. The first-order valence-electron chi connectivity index (χ1n) is 3.81. The molecule has 0 saturated heterocycles. The highest BCUT2D eigenvalue weighted by Crippen LogP contribution is 2.23. The van der Waals surface area contributed by atoms with E-state index in [0.717, 1.165) is 12.3 Å². The largest absolute Gasteiger partial charge is 0.478 e. The number of nitrogens with one attached hydrogen (secondary N) is 1. The fourth-order valence-electron chi connectivity index (χ4n) is 0.836. The van der Waals surface area contributed by atoms with Crippen LogP contribution in [0.25, 0.3) is 0 Å². The minimum atomic E-state index is -1.16. The molecule has 0 aliphatic heterocycles. The van der Waals surface area contributed by atoms with Crippen LogP contribution in [-0.4, -0.2) is 11.1 Å². The molecular formula is C9H6BrF2NO2. The predicted octanol–water partition coefficient (Wildman–Crippen LogP) is 2.74. The van der Waals surface area contributed by atoms with E-state index in [-0.39, 0.29) is 10.2 Å². The van der Waals surface area contributed by atoms with Crippen molar-refractivity contribution in [1.82, 2.24) is 0 Å². The summed E-state index contributed by atoms with van der Waals surface area (Å²) in [6.45, 7) is 0. The summed E-state index contributed by atoms with van der Waals surface area (Å²) in [6, 6.07) is 1.87. The minimum absolute atomic E-state index is 0.0132. The normalized spacial score (nSPS) is 10.6. The Morgan fingerprint density at radius 3 is 2.67 bits per heavy atom. The number of carboxylic acid groups (broad SMARTS) is 1. The van der Waals surface area contributed by atoms with Crippen molar-refractivity contribution in [2.45, 2.75) is 0 Å². The van der Waals surface area contributed by atoms with E-state index in [9.17, 15) is 13.6 Å². The molecule has 6 heteroatoms. The number of carboxylic acids is 1. The molecule has 0 bridgehead atoms. The molecule has 15 heavy (non-hydrogen) atoms. The van der Waals surface area contributed by atoms with Crippen LogP contribution in [-0.2, 0) is 4.79 Å². The van der Waals surface area contributed by atoms with Gasteiger partial charge in [0, 0.05) is 18.3 Å². The lowest BCUT2D eigenvalue weighted by molar-refractivity contribution is -0.131. The fourth-order valence-corrected chi connectivity index (χ4v) is 1.18. The summed E-state index contributed by atoms with van der Waals surface area (Å²) in [5.74, 6) is -2.69. The van der Waals surface area contributed by atoms with Gasteiger partial charge in [0.05, 0.1) is 10.2 Å². The summed E-state index contributed by atoms with van der Waals surface area (Å²) in [5, 5.41) is 10.6. The zero-order valence-corrected chi connectivity index (χ0v) is 8.88. The Morgan fingerprint density at radius 1 is 1.40 bits per heavy atom. The molecule has 1 rings (SSSR count). The third-order valence-corrected chi connectivity index (χ3v) is 2.08. The standard InChI is InChI=1S/C9H6BrF2NO2/c10-5-3-8(7(12)4-6(5)11)13-2-1-9(14)15/h1-4,13H,(H,14,15)/b2-1+. The molecular weight excluding hydrogens is 272 g/mol. The highest BCUT2D eigenvalue weighted by Gasteiger charge is 2.06. The van der Waals surface area contributed by atoms with Crippen molar-refractivity contribution in [2.75, 3.05) is 5.32 Å². The van der Waals surface area contributed by atoms with E-state index in [4.69, 9.17) is 5.11 Å². The van der Waals surface area contributed by atoms with Crippen LogP contribution >= 0.6 is 15.9 Å². The van der Waals surface area contributed by atoms with E-state index >= 15 is 0 Å². The summed E-state index contributed by atoms with van der Waals surface area (Å²) >= 11 is 2.88. The first-order chi connectivity index (χ1) is 7.00. The van der Waals surface area contributed by atoms with Gasteiger partial charge in [-0.1, -0.05) is 0 Å². The second-order valence-corrected chi connectivity index (χ2v) is 3.42. The van der Waals surface area contributed by atoms with Crippen molar-refractivity contribution < 1.29 is 18.7 Å². The van der Waals surface area contributed by atoms with E-state index in [2.05, 4.69) is 21.2 Å². The third-order valence-electron chi connectivity index (χ3n) is 1.47. The molecule has 2 N–H and O–H groups in total. The summed E-state index contributed by atoms with van der Waals surface area (Å²) in [5.41, 5.74) is -0.0132. The quantitative estimate of drug-likeness (QED) is 0.660. The summed E-state index contributed by atoms with van der Waals surface area (Å²) < 4.78 is 25.9. The topological polar surface area (TPSA) is 49.3 Å². The van der Waals surface area contributed by atoms with Crippen LogP contribution < -0.4 is 5.32 Å². The molecule has 0 radical (unpaired) electrons. The number of hydrogen-bond acceptors (Lipinski definition) is 2. The molecule has 0 saturated carbocycles. The van der Waals surface area contributed by atoms with Crippen LogP contribution in [0.15, 0.2) is 28.9 Å². The summed E-state index contributed by atoms with van der Waals surface area (Å²) in [7, 11) is 0. The number of anilines is 1. The average Bonchev–Trinajstić information content (AvgIpc) is 2.13. The molecule has 3 nitrogen and oxygen atoms in total. The van der Waals surface area contributed by atoms with Crippen molar-refractivity contribution in [1.29, 1.82) is 0 Å². The molecule has 0 spiro atoms. The molecule has 0 aliphatic carbocycles. The Morgan fingerprint density at radius 2 is 2.07 bits per heavy atom. The molecule has 1 aromatic rings. The molecule has 0 amide bonds. The van der Waals surface area contributed by atoms with Crippen molar-refractivity contribution in [3.05, 3.63) is 40.5 Å². The molecule has 80 valence electrons. The van der Waals surface area contributed by atoms with Crippen molar-refractivity contribution in [3.8, 4) is 0 Å². The maximum atomic E-state index is 13.1. The molecule has 0 aromatic heterocycles. The van der Waals surface area contributed by atoms with Gasteiger partial charge in [-0.05, 0) is 22.0 Å². The van der Waals surface area contributed by atoms with Crippen LogP contribution in [0.1, 0.15) is 0 Å². The molecule has 0 fully saturated rings. The maximum absolute atomic E-state index is 13.1. The van der Waals surface area contributed by atoms with Gasteiger partial charge >= 0.3 is 5.97 Å². The van der Waals surface area contributed by atoms with Crippen LogP contribution in [0.4, 0.5) is 14.5 Å². The van der Waals surface area contributed by atoms with Crippen LogP contribution in [0.2, 0.25) is 0 Å². The summed E-state index contributed by atoms with van der Waals surface area (Å²) in [4.78, 5) is 10.1. The summed E-state index contributed by atoms with van der Waals surface area (Å²) in [6.07, 6.45) is 1.85. The van der Waals surface area contributed by atoms with Gasteiger partial charge in [-0.25, -0.2) is 13.6 Å². The van der Waals surface area contributed by atoms with Crippen molar-refractivity contribution in [3.63, 3.8) is 0 Å². The van der Waals surface area contributed by atoms with Gasteiger partial charge in [0.1, 0.15) is 11.6 Å². The highest BCUT2D eigenvalue weighted by molar-refractivity contribution is 9.10. The lowest BCUT2D eigenvalue weighted by Crippen LogP contribution is -1.96. The van der Waals surface area contributed by atoms with Gasteiger partial charge in [0.2, 0.25) is 0 Å². The Balaban J connectivity index is 2.86. The van der Waals surface area contributed by atoms with Gasteiger partial charge in [0.25, 0.3) is 0 Å².